The molecule has 5 nitrogen and oxygen atoms in total. The maximum atomic E-state index is 10.5. The first-order valence-corrected chi connectivity index (χ1v) is 4.87. The van der Waals surface area contributed by atoms with Crippen LogP contribution in [0.15, 0.2) is 29.3 Å². The molecule has 0 fully saturated rings. The van der Waals surface area contributed by atoms with Crippen molar-refractivity contribution in [2.24, 2.45) is 4.99 Å². The first-order valence-electron chi connectivity index (χ1n) is 4.87. The minimum Gasteiger partial charge on any atom is -0.507 e. The average Bonchev–Trinajstić information content (AvgIpc) is 2.66. The number of nitrogens with zero attached hydrogens (tertiary/aromatic N) is 1. The number of aliphatic imine (C=N–C) groups is 1. The zero-order valence-corrected chi connectivity index (χ0v) is 8.46. The van der Waals surface area contributed by atoms with E-state index in [1.165, 1.54) is 6.07 Å². The molecule has 0 aromatic heterocycles. The molecule has 1 aromatic carbocycles. The van der Waals surface area contributed by atoms with Gasteiger partial charge >= 0.3 is 5.97 Å². The topological polar surface area (TPSA) is 79.1 Å². The number of ether oxygens (including phenoxy) is 1. The number of carboxylic acids is 1. The smallest absolute Gasteiger partial charge is 0.305 e. The van der Waals surface area contributed by atoms with Crippen molar-refractivity contribution >= 4 is 11.9 Å². The number of aliphatic carboxylic acids is 1. The van der Waals surface area contributed by atoms with E-state index in [4.69, 9.17) is 9.84 Å². The SMILES string of the molecule is O=C(O)CC1COC(c2ccccc2O)=N1. The maximum absolute atomic E-state index is 10.5. The van der Waals surface area contributed by atoms with Crippen LogP contribution in [0.2, 0.25) is 0 Å². The second kappa shape index (κ2) is 4.22. The highest BCUT2D eigenvalue weighted by Gasteiger charge is 2.23. The number of para-hydroxylation sites is 1. The van der Waals surface area contributed by atoms with Gasteiger partial charge in [-0.3, -0.25) is 4.79 Å². The molecule has 1 atom stereocenters. The summed E-state index contributed by atoms with van der Waals surface area (Å²) >= 11 is 0. The molecule has 1 unspecified atom stereocenters. The van der Waals surface area contributed by atoms with Crippen molar-refractivity contribution in [3.05, 3.63) is 29.8 Å². The van der Waals surface area contributed by atoms with E-state index in [9.17, 15) is 9.90 Å². The highest BCUT2D eigenvalue weighted by atomic mass is 16.5. The van der Waals surface area contributed by atoms with Gasteiger partial charge in [-0.15, -0.1) is 0 Å². The Labute approximate surface area is 92.0 Å². The lowest BCUT2D eigenvalue weighted by Gasteiger charge is -2.02. The summed E-state index contributed by atoms with van der Waals surface area (Å²) in [6.07, 6.45) is -0.0584. The van der Waals surface area contributed by atoms with Gasteiger partial charge in [0.15, 0.2) is 0 Å². The summed E-state index contributed by atoms with van der Waals surface area (Å²) in [5.74, 6) is -0.516. The van der Waals surface area contributed by atoms with Crippen LogP contribution in [-0.4, -0.2) is 34.7 Å². The summed E-state index contributed by atoms with van der Waals surface area (Å²) in [5.41, 5.74) is 0.496. The van der Waals surface area contributed by atoms with Crippen LogP contribution < -0.4 is 0 Å². The van der Waals surface area contributed by atoms with Crippen LogP contribution in [0.3, 0.4) is 0 Å². The number of phenolic OH excluding ortho intramolecular Hbond substituents is 1. The molecule has 0 aliphatic carbocycles. The Morgan fingerprint density at radius 3 is 2.94 bits per heavy atom. The zero-order valence-electron chi connectivity index (χ0n) is 8.46. The molecule has 0 radical (unpaired) electrons. The second-order valence-corrected chi connectivity index (χ2v) is 3.51. The summed E-state index contributed by atoms with van der Waals surface area (Å²) in [4.78, 5) is 14.6. The Balaban J connectivity index is 2.18. The molecule has 1 aliphatic heterocycles. The van der Waals surface area contributed by atoms with Crippen molar-refractivity contribution in [2.45, 2.75) is 12.5 Å². The van der Waals surface area contributed by atoms with E-state index in [1.54, 1.807) is 18.2 Å². The lowest BCUT2D eigenvalue weighted by atomic mass is 10.2. The molecule has 1 heterocycles. The first kappa shape index (κ1) is 10.5. The Morgan fingerprint density at radius 2 is 2.25 bits per heavy atom. The van der Waals surface area contributed by atoms with Crippen molar-refractivity contribution in [1.29, 1.82) is 0 Å². The predicted octanol–water partition coefficient (Wildman–Crippen LogP) is 1.01. The minimum atomic E-state index is -0.907. The Kier molecular flexibility index (Phi) is 2.76. The molecule has 0 bridgehead atoms. The third-order valence-corrected chi connectivity index (χ3v) is 2.26. The van der Waals surface area contributed by atoms with Gasteiger partial charge in [0.05, 0.1) is 18.0 Å². The monoisotopic (exact) mass is 221 g/mol. The van der Waals surface area contributed by atoms with Gasteiger partial charge in [-0.05, 0) is 12.1 Å². The first-order chi connectivity index (χ1) is 7.66. The van der Waals surface area contributed by atoms with Crippen LogP contribution in [0.1, 0.15) is 12.0 Å². The fourth-order valence-corrected chi connectivity index (χ4v) is 1.52. The Morgan fingerprint density at radius 1 is 1.50 bits per heavy atom. The molecule has 5 heteroatoms. The van der Waals surface area contributed by atoms with Crippen LogP contribution >= 0.6 is 0 Å². The van der Waals surface area contributed by atoms with Crippen molar-refractivity contribution in [1.82, 2.24) is 0 Å². The predicted molar refractivity (Wildman–Crippen MR) is 56.6 cm³/mol. The van der Waals surface area contributed by atoms with E-state index in [1.807, 2.05) is 0 Å². The molecule has 16 heavy (non-hydrogen) atoms. The Bertz CT molecular complexity index is 441. The van der Waals surface area contributed by atoms with Gasteiger partial charge in [-0.1, -0.05) is 12.1 Å². The van der Waals surface area contributed by atoms with Gasteiger partial charge in [-0.2, -0.15) is 0 Å². The highest BCUT2D eigenvalue weighted by Crippen LogP contribution is 2.21. The summed E-state index contributed by atoms with van der Waals surface area (Å²) in [6, 6.07) is 6.30. The van der Waals surface area contributed by atoms with Gasteiger partial charge in [0.2, 0.25) is 5.90 Å². The van der Waals surface area contributed by atoms with Gasteiger partial charge in [0.25, 0.3) is 0 Å². The number of carboxylic acid groups (broad SMARTS) is 1. The maximum Gasteiger partial charge on any atom is 0.305 e. The number of rotatable bonds is 3. The van der Waals surface area contributed by atoms with Gasteiger partial charge in [0, 0.05) is 0 Å². The van der Waals surface area contributed by atoms with Gasteiger partial charge < -0.3 is 14.9 Å². The fourth-order valence-electron chi connectivity index (χ4n) is 1.52. The lowest BCUT2D eigenvalue weighted by molar-refractivity contribution is -0.137. The van der Waals surface area contributed by atoms with Crippen LogP contribution in [0, 0.1) is 0 Å². The molecule has 1 aliphatic rings. The van der Waals surface area contributed by atoms with Crippen molar-refractivity contribution < 1.29 is 19.7 Å². The van der Waals surface area contributed by atoms with Crippen molar-refractivity contribution in [2.75, 3.05) is 6.61 Å². The summed E-state index contributed by atoms with van der Waals surface area (Å²) in [6.45, 7) is 0.246. The summed E-state index contributed by atoms with van der Waals surface area (Å²) in [5, 5.41) is 18.2. The van der Waals surface area contributed by atoms with E-state index in [0.29, 0.717) is 11.5 Å². The molecular formula is C11H11NO4. The highest BCUT2D eigenvalue weighted by molar-refractivity contribution is 5.97. The quantitative estimate of drug-likeness (QED) is 0.798. The third-order valence-electron chi connectivity index (χ3n) is 2.26. The number of hydrogen-bond acceptors (Lipinski definition) is 4. The normalized spacial score (nSPS) is 19.0. The molecule has 0 saturated carbocycles. The fraction of sp³-hybridized carbons (Fsp3) is 0.273. The van der Waals surface area contributed by atoms with E-state index in [2.05, 4.69) is 4.99 Å². The number of phenols is 1. The second-order valence-electron chi connectivity index (χ2n) is 3.51. The summed E-state index contributed by atoms with van der Waals surface area (Å²) in [7, 11) is 0. The molecular weight excluding hydrogens is 210 g/mol. The zero-order chi connectivity index (χ0) is 11.5. The molecule has 0 amide bonds. The van der Waals surface area contributed by atoms with E-state index >= 15 is 0 Å². The van der Waals surface area contributed by atoms with E-state index in [0.717, 1.165) is 0 Å². The number of aromatic hydroxyl groups is 1. The van der Waals surface area contributed by atoms with E-state index < -0.39 is 5.97 Å². The Hall–Kier alpha value is -2.04. The number of benzene rings is 1. The van der Waals surface area contributed by atoms with Crippen LogP contribution in [-0.2, 0) is 9.53 Å². The van der Waals surface area contributed by atoms with Crippen LogP contribution in [0.25, 0.3) is 0 Å². The molecule has 0 saturated heterocycles. The largest absolute Gasteiger partial charge is 0.507 e. The van der Waals surface area contributed by atoms with Crippen LogP contribution in [0.4, 0.5) is 0 Å². The molecule has 84 valence electrons. The molecule has 1 aromatic rings. The number of carbonyl (C=O) groups is 1. The summed E-state index contributed by atoms with van der Waals surface area (Å²) < 4.78 is 5.26. The molecule has 2 rings (SSSR count). The number of hydrogen-bond donors (Lipinski definition) is 2. The lowest BCUT2D eigenvalue weighted by Crippen LogP contribution is -2.12. The van der Waals surface area contributed by atoms with Crippen molar-refractivity contribution in [3.8, 4) is 5.75 Å². The molecule has 0 spiro atoms. The third kappa shape index (κ3) is 2.13. The molecule has 2 N–H and O–H groups in total. The van der Waals surface area contributed by atoms with Crippen molar-refractivity contribution in [3.63, 3.8) is 0 Å². The van der Waals surface area contributed by atoms with Crippen LogP contribution in [0.5, 0.6) is 5.75 Å². The van der Waals surface area contributed by atoms with Gasteiger partial charge in [0.1, 0.15) is 12.4 Å². The standard InChI is InChI=1S/C11H11NO4/c13-9-4-2-1-3-8(9)11-12-7(6-16-11)5-10(14)15/h1-4,7,13H,5-6H2,(H,14,15). The average molecular weight is 221 g/mol. The van der Waals surface area contributed by atoms with Gasteiger partial charge in [-0.25, -0.2) is 4.99 Å². The van der Waals surface area contributed by atoms with E-state index in [-0.39, 0.29) is 24.8 Å². The minimum absolute atomic E-state index is 0.0584.